The van der Waals surface area contributed by atoms with Crippen LogP contribution in [0.4, 0.5) is 0 Å². The summed E-state index contributed by atoms with van der Waals surface area (Å²) < 4.78 is 6.18. The predicted molar refractivity (Wildman–Crippen MR) is 116 cm³/mol. The van der Waals surface area contributed by atoms with Gasteiger partial charge < -0.3 is 9.84 Å². The maximum absolute atomic E-state index is 11.4. The van der Waals surface area contributed by atoms with Crippen molar-refractivity contribution in [2.75, 3.05) is 0 Å². The van der Waals surface area contributed by atoms with Gasteiger partial charge in [-0.1, -0.05) is 68.5 Å². The Balaban J connectivity index is 2.00. The number of carboxylic acids is 1. The van der Waals surface area contributed by atoms with Crippen LogP contribution in [0.1, 0.15) is 53.4 Å². The number of hydrogen-bond donors (Lipinski definition) is 1. The molecule has 0 spiro atoms. The number of ether oxygens (including phenoxy) is 1. The molecule has 3 aromatic carbocycles. The third kappa shape index (κ3) is 5.06. The van der Waals surface area contributed by atoms with Crippen molar-refractivity contribution in [2.45, 2.75) is 33.1 Å². The second-order valence-corrected chi connectivity index (χ2v) is 7.98. The number of aryl methyl sites for hydroxylation is 1. The molecule has 1 N–H and O–H groups in total. The Morgan fingerprint density at radius 2 is 1.62 bits per heavy atom. The Bertz CT molecular complexity index is 1090. The molecule has 0 aromatic heterocycles. The molecule has 0 bridgehead atoms. The van der Waals surface area contributed by atoms with E-state index >= 15 is 0 Å². The first-order valence-electron chi connectivity index (χ1n) is 9.47. The molecule has 3 heteroatoms. The zero-order valence-corrected chi connectivity index (χ0v) is 17.1. The Labute approximate surface area is 172 Å². The summed E-state index contributed by atoms with van der Waals surface area (Å²) >= 11 is 0. The third-order valence-electron chi connectivity index (χ3n) is 4.54. The Hall–Kier alpha value is -3.51. The van der Waals surface area contributed by atoms with Crippen molar-refractivity contribution >= 4 is 5.97 Å². The SMILES string of the molecule is Cc1ccc(Oc2cc(C#Cc3ccccc3C(=O)O)ccc2C(C)(C)C)cc1. The van der Waals surface area contributed by atoms with E-state index in [4.69, 9.17) is 4.74 Å². The highest BCUT2D eigenvalue weighted by molar-refractivity contribution is 5.90. The highest BCUT2D eigenvalue weighted by Crippen LogP contribution is 2.35. The molecule has 0 heterocycles. The van der Waals surface area contributed by atoms with Gasteiger partial charge in [-0.05, 0) is 48.7 Å². The van der Waals surface area contributed by atoms with Crippen molar-refractivity contribution in [2.24, 2.45) is 0 Å². The monoisotopic (exact) mass is 384 g/mol. The van der Waals surface area contributed by atoms with Crippen LogP contribution < -0.4 is 4.74 Å². The van der Waals surface area contributed by atoms with Crippen LogP contribution in [-0.4, -0.2) is 11.1 Å². The fraction of sp³-hybridized carbons (Fsp3) is 0.192. The largest absolute Gasteiger partial charge is 0.478 e. The minimum absolute atomic E-state index is 0.0953. The average molecular weight is 384 g/mol. The van der Waals surface area contributed by atoms with Crippen LogP contribution in [0.15, 0.2) is 66.7 Å². The standard InChI is InChI=1S/C26H24O3/c1-18-9-14-21(15-10-18)29-24-17-19(12-16-23(24)26(2,3)4)11-13-20-7-5-6-8-22(20)25(27)28/h5-10,12,14-17H,1-4H3,(H,27,28). The van der Waals surface area contributed by atoms with Gasteiger partial charge in [0, 0.05) is 16.7 Å². The van der Waals surface area contributed by atoms with Crippen LogP contribution in [0.2, 0.25) is 0 Å². The van der Waals surface area contributed by atoms with Crippen LogP contribution in [-0.2, 0) is 5.41 Å². The lowest BCUT2D eigenvalue weighted by Gasteiger charge is -2.23. The highest BCUT2D eigenvalue weighted by atomic mass is 16.5. The molecule has 0 unspecified atom stereocenters. The minimum atomic E-state index is -0.985. The van der Waals surface area contributed by atoms with Gasteiger partial charge in [-0.25, -0.2) is 4.79 Å². The molecule has 0 radical (unpaired) electrons. The predicted octanol–water partition coefficient (Wildman–Crippen LogP) is 6.18. The van der Waals surface area contributed by atoms with Gasteiger partial charge in [0.1, 0.15) is 11.5 Å². The molecule has 146 valence electrons. The molecular weight excluding hydrogens is 360 g/mol. The van der Waals surface area contributed by atoms with Gasteiger partial charge in [0.25, 0.3) is 0 Å². The normalized spacial score (nSPS) is 10.8. The first kappa shape index (κ1) is 20.2. The third-order valence-corrected chi connectivity index (χ3v) is 4.54. The zero-order valence-electron chi connectivity index (χ0n) is 17.1. The zero-order chi connectivity index (χ0) is 21.0. The van der Waals surface area contributed by atoms with E-state index in [0.29, 0.717) is 5.56 Å². The number of benzene rings is 3. The highest BCUT2D eigenvalue weighted by Gasteiger charge is 2.19. The molecule has 0 saturated heterocycles. The van der Waals surface area contributed by atoms with Crippen LogP contribution >= 0.6 is 0 Å². The molecular formula is C26H24O3. The summed E-state index contributed by atoms with van der Waals surface area (Å²) in [6, 6.07) is 20.5. The molecule has 3 rings (SSSR count). The molecule has 0 aliphatic heterocycles. The smallest absolute Gasteiger partial charge is 0.336 e. The summed E-state index contributed by atoms with van der Waals surface area (Å²) in [7, 11) is 0. The van der Waals surface area contributed by atoms with Crippen molar-refractivity contribution in [3.05, 3.63) is 94.5 Å². The summed E-state index contributed by atoms with van der Waals surface area (Å²) in [4.78, 5) is 11.4. The number of carbonyl (C=O) groups is 1. The van der Waals surface area contributed by atoms with Gasteiger partial charge in [0.15, 0.2) is 0 Å². The number of aromatic carboxylic acids is 1. The molecule has 3 nitrogen and oxygen atoms in total. The van der Waals surface area contributed by atoms with Crippen molar-refractivity contribution in [1.29, 1.82) is 0 Å². The topological polar surface area (TPSA) is 46.5 Å². The van der Waals surface area contributed by atoms with Gasteiger partial charge in [-0.3, -0.25) is 0 Å². The molecule has 0 fully saturated rings. The van der Waals surface area contributed by atoms with E-state index in [1.807, 2.05) is 49.4 Å². The first-order valence-corrected chi connectivity index (χ1v) is 9.47. The van der Waals surface area contributed by atoms with E-state index in [1.165, 1.54) is 5.56 Å². The first-order chi connectivity index (χ1) is 13.7. The molecule has 0 atom stereocenters. The van der Waals surface area contributed by atoms with E-state index < -0.39 is 5.97 Å². The summed E-state index contributed by atoms with van der Waals surface area (Å²) in [6.07, 6.45) is 0. The molecule has 0 aliphatic rings. The molecule has 0 amide bonds. The average Bonchev–Trinajstić information content (AvgIpc) is 2.67. The quantitative estimate of drug-likeness (QED) is 0.548. The van der Waals surface area contributed by atoms with Crippen molar-refractivity contribution in [3.8, 4) is 23.3 Å². The van der Waals surface area contributed by atoms with Gasteiger partial charge in [0.05, 0.1) is 5.56 Å². The number of carboxylic acid groups (broad SMARTS) is 1. The van der Waals surface area contributed by atoms with E-state index in [1.54, 1.807) is 24.3 Å². The fourth-order valence-electron chi connectivity index (χ4n) is 2.96. The Morgan fingerprint density at radius 1 is 0.931 bits per heavy atom. The second-order valence-electron chi connectivity index (χ2n) is 7.98. The van der Waals surface area contributed by atoms with E-state index in [9.17, 15) is 9.90 Å². The Kier molecular flexibility index (Phi) is 5.75. The lowest BCUT2D eigenvalue weighted by molar-refractivity contribution is 0.0696. The van der Waals surface area contributed by atoms with Crippen LogP contribution in [0, 0.1) is 18.8 Å². The van der Waals surface area contributed by atoms with Crippen molar-refractivity contribution in [3.63, 3.8) is 0 Å². The van der Waals surface area contributed by atoms with Crippen molar-refractivity contribution in [1.82, 2.24) is 0 Å². The molecule has 3 aromatic rings. The lowest BCUT2D eigenvalue weighted by atomic mass is 9.86. The Morgan fingerprint density at radius 3 is 2.28 bits per heavy atom. The minimum Gasteiger partial charge on any atom is -0.478 e. The van der Waals surface area contributed by atoms with Gasteiger partial charge >= 0.3 is 5.97 Å². The summed E-state index contributed by atoms with van der Waals surface area (Å²) in [5.74, 6) is 6.59. The molecule has 0 aliphatic carbocycles. The van der Waals surface area contributed by atoms with Crippen LogP contribution in [0.5, 0.6) is 11.5 Å². The maximum Gasteiger partial charge on any atom is 0.336 e. The van der Waals surface area contributed by atoms with E-state index in [2.05, 4.69) is 32.6 Å². The number of hydrogen-bond acceptors (Lipinski definition) is 2. The fourth-order valence-corrected chi connectivity index (χ4v) is 2.96. The second kappa shape index (κ2) is 8.24. The van der Waals surface area contributed by atoms with E-state index in [-0.39, 0.29) is 11.0 Å². The molecule has 29 heavy (non-hydrogen) atoms. The van der Waals surface area contributed by atoms with Crippen LogP contribution in [0.25, 0.3) is 0 Å². The van der Waals surface area contributed by atoms with Gasteiger partial charge in [0.2, 0.25) is 0 Å². The maximum atomic E-state index is 11.4. The lowest BCUT2D eigenvalue weighted by Crippen LogP contribution is -2.12. The van der Waals surface area contributed by atoms with E-state index in [0.717, 1.165) is 22.6 Å². The number of rotatable bonds is 3. The summed E-state index contributed by atoms with van der Waals surface area (Å²) in [5.41, 5.74) is 3.60. The summed E-state index contributed by atoms with van der Waals surface area (Å²) in [5, 5.41) is 9.33. The van der Waals surface area contributed by atoms with Gasteiger partial charge in [-0.15, -0.1) is 0 Å². The molecule has 0 saturated carbocycles. The van der Waals surface area contributed by atoms with Crippen molar-refractivity contribution < 1.29 is 14.6 Å². The van der Waals surface area contributed by atoms with Crippen LogP contribution in [0.3, 0.4) is 0 Å². The van der Waals surface area contributed by atoms with Gasteiger partial charge in [-0.2, -0.15) is 0 Å². The summed E-state index contributed by atoms with van der Waals surface area (Å²) in [6.45, 7) is 8.45.